The number of aryl methyl sites for hydroxylation is 1. The normalized spacial score (nSPS) is 10.7. The second kappa shape index (κ2) is 7.38. The first-order valence-corrected chi connectivity index (χ1v) is 9.05. The molecule has 2 aromatic carbocycles. The number of carbonyl (C=O) groups excluding carboxylic acids is 1. The number of nitrogens with one attached hydrogen (secondary N) is 1. The average Bonchev–Trinajstić information content (AvgIpc) is 2.57. The van der Waals surface area contributed by atoms with Crippen molar-refractivity contribution in [3.63, 3.8) is 0 Å². The molecule has 0 saturated heterocycles. The Morgan fingerprint density at radius 1 is 1.25 bits per heavy atom. The number of carbonyl (C=O) groups is 1. The minimum atomic E-state index is -3.97. The lowest BCUT2D eigenvalue weighted by molar-refractivity contribution is 0.0596. The van der Waals surface area contributed by atoms with E-state index in [0.717, 1.165) is 11.8 Å². The number of rotatable bonds is 5. The van der Waals surface area contributed by atoms with Crippen LogP contribution in [0.5, 0.6) is 0 Å². The second-order valence-electron chi connectivity index (χ2n) is 4.76. The van der Waals surface area contributed by atoms with Crippen molar-refractivity contribution in [2.24, 2.45) is 0 Å². The molecule has 0 heterocycles. The fraction of sp³-hybridized carbons (Fsp3) is 0.125. The van der Waals surface area contributed by atoms with Gasteiger partial charge in [0.25, 0.3) is 10.0 Å². The zero-order valence-corrected chi connectivity index (χ0v) is 14.6. The Labute approximate surface area is 144 Å². The molecular formula is C16H14N2O4S2. The van der Waals surface area contributed by atoms with Gasteiger partial charge in [-0.15, -0.1) is 0 Å². The van der Waals surface area contributed by atoms with E-state index < -0.39 is 16.0 Å². The molecular weight excluding hydrogens is 348 g/mol. The van der Waals surface area contributed by atoms with Gasteiger partial charge in [-0.1, -0.05) is 12.1 Å². The van der Waals surface area contributed by atoms with Crippen LogP contribution in [0.4, 0.5) is 5.69 Å². The molecule has 0 bridgehead atoms. The molecule has 0 radical (unpaired) electrons. The van der Waals surface area contributed by atoms with Crippen molar-refractivity contribution < 1.29 is 17.9 Å². The Kier molecular flexibility index (Phi) is 5.49. The van der Waals surface area contributed by atoms with Gasteiger partial charge in [0, 0.05) is 4.90 Å². The van der Waals surface area contributed by atoms with Crippen LogP contribution in [-0.4, -0.2) is 21.5 Å². The Bertz CT molecular complexity index is 918. The summed E-state index contributed by atoms with van der Waals surface area (Å²) in [6, 6.07) is 10.7. The number of anilines is 1. The lowest BCUT2D eigenvalue weighted by Crippen LogP contribution is -2.18. The number of hydrogen-bond donors (Lipinski definition) is 1. The Morgan fingerprint density at radius 2 is 1.96 bits per heavy atom. The molecule has 0 aromatic heterocycles. The molecule has 2 rings (SSSR count). The number of sulfonamides is 1. The summed E-state index contributed by atoms with van der Waals surface area (Å²) in [6.45, 7) is 1.73. The van der Waals surface area contributed by atoms with Crippen LogP contribution in [0.2, 0.25) is 0 Å². The summed E-state index contributed by atoms with van der Waals surface area (Å²) in [5, 5.41) is 10.6. The van der Waals surface area contributed by atoms with Crippen molar-refractivity contribution in [2.45, 2.75) is 16.7 Å². The molecule has 124 valence electrons. The van der Waals surface area contributed by atoms with E-state index in [4.69, 9.17) is 5.26 Å². The molecule has 0 fully saturated rings. The van der Waals surface area contributed by atoms with Gasteiger partial charge in [0.15, 0.2) is 0 Å². The summed E-state index contributed by atoms with van der Waals surface area (Å²) in [7, 11) is -2.78. The number of thioether (sulfide) groups is 1. The highest BCUT2D eigenvalue weighted by Gasteiger charge is 2.23. The molecule has 0 saturated carbocycles. The maximum absolute atomic E-state index is 12.6. The third-order valence-electron chi connectivity index (χ3n) is 3.19. The first-order valence-electron chi connectivity index (χ1n) is 6.76. The van der Waals surface area contributed by atoms with Crippen LogP contribution >= 0.6 is 11.8 Å². The number of nitriles is 1. The standard InChI is InChI=1S/C16H14N2O4S2/c1-11-9-12(23-10-17)7-8-14(11)18-24(20,21)15-6-4-3-5-13(15)16(19)22-2/h3-9,18H,1-2H3. The lowest BCUT2D eigenvalue weighted by atomic mass is 10.2. The number of hydrogen-bond acceptors (Lipinski definition) is 6. The van der Waals surface area contributed by atoms with Gasteiger partial charge in [0.05, 0.1) is 18.4 Å². The molecule has 1 N–H and O–H groups in total. The minimum absolute atomic E-state index is 0.0400. The van der Waals surface area contributed by atoms with Crippen LogP contribution in [0.3, 0.4) is 0 Å². The predicted octanol–water partition coefficient (Wildman–Crippen LogP) is 3.16. The fourth-order valence-corrected chi connectivity index (χ4v) is 3.85. The SMILES string of the molecule is COC(=O)c1ccccc1S(=O)(=O)Nc1ccc(SC#N)cc1C. The van der Waals surface area contributed by atoms with Crippen molar-refractivity contribution >= 4 is 33.4 Å². The van der Waals surface area contributed by atoms with Gasteiger partial charge in [-0.05, 0) is 54.6 Å². The molecule has 0 aliphatic rings. The quantitative estimate of drug-likeness (QED) is 0.499. The number of nitrogens with zero attached hydrogens (tertiary/aromatic N) is 1. The van der Waals surface area contributed by atoms with Crippen LogP contribution in [0.15, 0.2) is 52.3 Å². The van der Waals surface area contributed by atoms with Crippen LogP contribution in [-0.2, 0) is 14.8 Å². The number of ether oxygens (including phenoxy) is 1. The lowest BCUT2D eigenvalue weighted by Gasteiger charge is -2.13. The number of thiocyanates is 1. The highest BCUT2D eigenvalue weighted by Crippen LogP contribution is 2.26. The first-order chi connectivity index (χ1) is 11.4. The van der Waals surface area contributed by atoms with E-state index in [-0.39, 0.29) is 10.5 Å². The highest BCUT2D eigenvalue weighted by molar-refractivity contribution is 8.03. The van der Waals surface area contributed by atoms with Gasteiger partial charge in [0.1, 0.15) is 10.3 Å². The molecule has 8 heteroatoms. The van der Waals surface area contributed by atoms with Crippen LogP contribution < -0.4 is 4.72 Å². The van der Waals surface area contributed by atoms with Crippen LogP contribution in [0.1, 0.15) is 15.9 Å². The number of methoxy groups -OCH3 is 1. The number of esters is 1. The molecule has 0 aliphatic carbocycles. The van der Waals surface area contributed by atoms with E-state index in [1.165, 1.54) is 25.3 Å². The summed E-state index contributed by atoms with van der Waals surface area (Å²) in [5.74, 6) is -0.728. The van der Waals surface area contributed by atoms with Crippen LogP contribution in [0, 0.1) is 17.6 Å². The molecule has 0 amide bonds. The largest absolute Gasteiger partial charge is 0.465 e. The molecule has 24 heavy (non-hydrogen) atoms. The van der Waals surface area contributed by atoms with Gasteiger partial charge in [0.2, 0.25) is 0 Å². The van der Waals surface area contributed by atoms with Crippen LogP contribution in [0.25, 0.3) is 0 Å². The molecule has 2 aromatic rings. The Hall–Kier alpha value is -2.50. The van der Waals surface area contributed by atoms with Gasteiger partial charge in [-0.25, -0.2) is 13.2 Å². The second-order valence-corrected chi connectivity index (χ2v) is 7.27. The average molecular weight is 362 g/mol. The monoisotopic (exact) mass is 362 g/mol. The Balaban J connectivity index is 2.40. The van der Waals surface area contributed by atoms with Crippen molar-refractivity contribution in [3.05, 3.63) is 53.6 Å². The highest BCUT2D eigenvalue weighted by atomic mass is 32.2. The summed E-state index contributed by atoms with van der Waals surface area (Å²) in [5.41, 5.74) is 0.994. The zero-order valence-electron chi connectivity index (χ0n) is 12.9. The van der Waals surface area contributed by atoms with E-state index >= 15 is 0 Å². The smallest absolute Gasteiger partial charge is 0.339 e. The third-order valence-corrected chi connectivity index (χ3v) is 5.19. The maximum atomic E-state index is 12.6. The van der Waals surface area contributed by atoms with E-state index in [1.807, 2.05) is 5.40 Å². The van der Waals surface area contributed by atoms with E-state index in [0.29, 0.717) is 16.1 Å². The van der Waals surface area contributed by atoms with Crippen molar-refractivity contribution in [3.8, 4) is 5.40 Å². The van der Waals surface area contributed by atoms with Gasteiger partial charge >= 0.3 is 5.97 Å². The zero-order chi connectivity index (χ0) is 17.7. The maximum Gasteiger partial charge on any atom is 0.339 e. The van der Waals surface area contributed by atoms with Crippen molar-refractivity contribution in [1.29, 1.82) is 5.26 Å². The van der Waals surface area contributed by atoms with E-state index in [1.54, 1.807) is 31.2 Å². The third kappa shape index (κ3) is 3.88. The van der Waals surface area contributed by atoms with Gasteiger partial charge < -0.3 is 4.74 Å². The molecule has 0 unspecified atom stereocenters. The summed E-state index contributed by atoms with van der Waals surface area (Å²) in [4.78, 5) is 12.3. The Morgan fingerprint density at radius 3 is 2.58 bits per heavy atom. The molecule has 6 nitrogen and oxygen atoms in total. The van der Waals surface area contributed by atoms with Crippen molar-refractivity contribution in [2.75, 3.05) is 11.8 Å². The van der Waals surface area contributed by atoms with Crippen molar-refractivity contribution in [1.82, 2.24) is 0 Å². The summed E-state index contributed by atoms with van der Waals surface area (Å²) in [6.07, 6.45) is 0. The summed E-state index contributed by atoms with van der Waals surface area (Å²) >= 11 is 0.989. The first kappa shape index (κ1) is 17.8. The van der Waals surface area contributed by atoms with E-state index in [9.17, 15) is 13.2 Å². The van der Waals surface area contributed by atoms with Gasteiger partial charge in [-0.3, -0.25) is 4.72 Å². The summed E-state index contributed by atoms with van der Waals surface area (Å²) < 4.78 is 32.3. The topological polar surface area (TPSA) is 96.3 Å². The molecule has 0 spiro atoms. The number of benzene rings is 2. The fourth-order valence-electron chi connectivity index (χ4n) is 2.05. The predicted molar refractivity (Wildman–Crippen MR) is 91.2 cm³/mol. The molecule has 0 aliphatic heterocycles. The van der Waals surface area contributed by atoms with E-state index in [2.05, 4.69) is 9.46 Å². The molecule has 0 atom stereocenters. The van der Waals surface area contributed by atoms with Gasteiger partial charge in [-0.2, -0.15) is 5.26 Å². The minimum Gasteiger partial charge on any atom is -0.465 e.